The predicted molar refractivity (Wildman–Crippen MR) is 89.3 cm³/mol. The fraction of sp³-hybridized carbons (Fsp3) is 0.278. The molecule has 0 spiro atoms. The van der Waals surface area contributed by atoms with Gasteiger partial charge in [-0.2, -0.15) is 0 Å². The SMILES string of the molecule is COC(=O)C=CC=C1C(=O)N(C(=O)OC(C)(C)C)c2ccccc21. The van der Waals surface area contributed by atoms with Crippen molar-refractivity contribution in [1.82, 2.24) is 0 Å². The Kier molecular flexibility index (Phi) is 4.87. The molecule has 0 aliphatic carbocycles. The van der Waals surface area contributed by atoms with Crippen molar-refractivity contribution in [2.75, 3.05) is 12.0 Å². The minimum absolute atomic E-state index is 0.302. The van der Waals surface area contributed by atoms with E-state index >= 15 is 0 Å². The number of hydrogen-bond donors (Lipinski definition) is 0. The van der Waals surface area contributed by atoms with Gasteiger partial charge >= 0.3 is 12.1 Å². The first-order chi connectivity index (χ1) is 11.2. The van der Waals surface area contributed by atoms with Gasteiger partial charge in [0.05, 0.1) is 12.8 Å². The molecule has 2 amide bonds. The lowest BCUT2D eigenvalue weighted by molar-refractivity contribution is -0.134. The summed E-state index contributed by atoms with van der Waals surface area (Å²) in [5, 5.41) is 0. The number of imide groups is 1. The van der Waals surface area contributed by atoms with Crippen LogP contribution in [0.2, 0.25) is 0 Å². The third kappa shape index (κ3) is 3.71. The molecule has 6 heteroatoms. The van der Waals surface area contributed by atoms with Crippen molar-refractivity contribution in [3.63, 3.8) is 0 Å². The summed E-state index contributed by atoms with van der Waals surface area (Å²) in [4.78, 5) is 37.1. The number of esters is 1. The molecule has 2 rings (SSSR count). The maximum absolute atomic E-state index is 12.6. The molecule has 0 aromatic heterocycles. The summed E-state index contributed by atoms with van der Waals surface area (Å²) in [5.41, 5.74) is 0.637. The van der Waals surface area contributed by atoms with Gasteiger partial charge in [-0.3, -0.25) is 4.79 Å². The van der Waals surface area contributed by atoms with Crippen molar-refractivity contribution in [2.45, 2.75) is 26.4 Å². The summed E-state index contributed by atoms with van der Waals surface area (Å²) < 4.78 is 9.81. The number of amides is 2. The van der Waals surface area contributed by atoms with E-state index < -0.39 is 23.6 Å². The number of rotatable bonds is 2. The van der Waals surface area contributed by atoms with Crippen LogP contribution in [0.25, 0.3) is 5.57 Å². The molecular weight excluding hydrogens is 310 g/mol. The number of nitrogens with zero attached hydrogens (tertiary/aromatic N) is 1. The van der Waals surface area contributed by atoms with Gasteiger partial charge in [-0.25, -0.2) is 14.5 Å². The van der Waals surface area contributed by atoms with Gasteiger partial charge in [-0.05, 0) is 32.9 Å². The lowest BCUT2D eigenvalue weighted by atomic mass is 10.1. The van der Waals surface area contributed by atoms with E-state index in [1.807, 2.05) is 0 Å². The molecule has 126 valence electrons. The first kappa shape index (κ1) is 17.5. The van der Waals surface area contributed by atoms with Crippen LogP contribution in [0.3, 0.4) is 0 Å². The van der Waals surface area contributed by atoms with Crippen LogP contribution < -0.4 is 4.90 Å². The van der Waals surface area contributed by atoms with Crippen molar-refractivity contribution in [3.05, 3.63) is 48.1 Å². The topological polar surface area (TPSA) is 72.9 Å². The molecule has 0 N–H and O–H groups in total. The fourth-order valence-corrected chi connectivity index (χ4v) is 2.18. The van der Waals surface area contributed by atoms with E-state index in [1.54, 1.807) is 45.0 Å². The summed E-state index contributed by atoms with van der Waals surface area (Å²) in [6.45, 7) is 5.19. The highest BCUT2D eigenvalue weighted by Crippen LogP contribution is 2.37. The molecule has 1 aromatic carbocycles. The van der Waals surface area contributed by atoms with Crippen LogP contribution in [0.5, 0.6) is 0 Å². The highest BCUT2D eigenvalue weighted by Gasteiger charge is 2.38. The highest BCUT2D eigenvalue weighted by molar-refractivity contribution is 6.39. The first-order valence-corrected chi connectivity index (χ1v) is 7.38. The van der Waals surface area contributed by atoms with Crippen LogP contribution in [0, 0.1) is 0 Å². The van der Waals surface area contributed by atoms with E-state index in [-0.39, 0.29) is 0 Å². The van der Waals surface area contributed by atoms with Gasteiger partial charge < -0.3 is 9.47 Å². The second kappa shape index (κ2) is 6.70. The average Bonchev–Trinajstić information content (AvgIpc) is 2.78. The largest absolute Gasteiger partial charge is 0.466 e. The van der Waals surface area contributed by atoms with Crippen LogP contribution in [-0.2, 0) is 19.1 Å². The molecule has 1 aliphatic rings. The zero-order chi connectivity index (χ0) is 17.9. The van der Waals surface area contributed by atoms with Gasteiger partial charge in [0.15, 0.2) is 0 Å². The molecule has 0 bridgehead atoms. The van der Waals surface area contributed by atoms with Crippen molar-refractivity contribution >= 4 is 29.2 Å². The van der Waals surface area contributed by atoms with Crippen LogP contribution >= 0.6 is 0 Å². The monoisotopic (exact) mass is 329 g/mol. The molecule has 0 atom stereocenters. The Balaban J connectivity index is 2.39. The zero-order valence-electron chi connectivity index (χ0n) is 14.0. The van der Waals surface area contributed by atoms with Gasteiger partial charge in [-0.15, -0.1) is 0 Å². The van der Waals surface area contributed by atoms with Gasteiger partial charge in [0, 0.05) is 17.2 Å². The number of allylic oxidation sites excluding steroid dienone is 2. The van der Waals surface area contributed by atoms with E-state index in [1.165, 1.54) is 25.3 Å². The second-order valence-electron chi connectivity index (χ2n) is 6.10. The lowest BCUT2D eigenvalue weighted by Crippen LogP contribution is -2.38. The Bertz CT molecular complexity index is 740. The summed E-state index contributed by atoms with van der Waals surface area (Å²) in [5.74, 6) is -1.03. The fourth-order valence-electron chi connectivity index (χ4n) is 2.18. The first-order valence-electron chi connectivity index (χ1n) is 7.38. The zero-order valence-corrected chi connectivity index (χ0v) is 14.0. The molecule has 1 aromatic rings. The highest BCUT2D eigenvalue weighted by atomic mass is 16.6. The minimum Gasteiger partial charge on any atom is -0.466 e. The molecule has 0 radical (unpaired) electrons. The van der Waals surface area contributed by atoms with Crippen LogP contribution in [-0.4, -0.2) is 30.7 Å². The number of ether oxygens (including phenoxy) is 2. The Labute approximate surface area is 140 Å². The Morgan fingerprint density at radius 3 is 2.46 bits per heavy atom. The van der Waals surface area contributed by atoms with E-state index in [0.717, 1.165) is 4.90 Å². The number of carbonyl (C=O) groups is 3. The Morgan fingerprint density at radius 2 is 1.83 bits per heavy atom. The molecule has 0 saturated heterocycles. The normalized spacial score (nSPS) is 15.8. The third-order valence-electron chi connectivity index (χ3n) is 3.14. The smallest absolute Gasteiger partial charge is 0.422 e. The second-order valence-corrected chi connectivity index (χ2v) is 6.10. The number of methoxy groups -OCH3 is 1. The van der Waals surface area contributed by atoms with E-state index in [2.05, 4.69) is 4.74 Å². The third-order valence-corrected chi connectivity index (χ3v) is 3.14. The minimum atomic E-state index is -0.736. The van der Waals surface area contributed by atoms with Crippen molar-refractivity contribution in [1.29, 1.82) is 0 Å². The summed E-state index contributed by atoms with van der Waals surface area (Å²) in [6, 6.07) is 6.90. The predicted octanol–water partition coefficient (Wildman–Crippen LogP) is 3.08. The summed E-state index contributed by atoms with van der Waals surface area (Å²) >= 11 is 0. The molecule has 0 saturated carbocycles. The number of benzene rings is 1. The van der Waals surface area contributed by atoms with Crippen LogP contribution in [0.4, 0.5) is 10.5 Å². The van der Waals surface area contributed by atoms with Gasteiger partial charge in [0.25, 0.3) is 5.91 Å². The molecule has 1 aliphatic heterocycles. The lowest BCUT2D eigenvalue weighted by Gasteiger charge is -2.23. The summed E-state index contributed by atoms with van der Waals surface area (Å²) in [7, 11) is 1.26. The van der Waals surface area contributed by atoms with E-state index in [9.17, 15) is 14.4 Å². The molecule has 6 nitrogen and oxygen atoms in total. The van der Waals surface area contributed by atoms with Gasteiger partial charge in [0.1, 0.15) is 5.60 Å². The maximum atomic E-state index is 12.6. The van der Waals surface area contributed by atoms with Gasteiger partial charge in [0.2, 0.25) is 0 Å². The number of hydrogen-bond acceptors (Lipinski definition) is 5. The molecule has 24 heavy (non-hydrogen) atoms. The maximum Gasteiger partial charge on any atom is 0.422 e. The van der Waals surface area contributed by atoms with Crippen LogP contribution in [0.1, 0.15) is 26.3 Å². The average molecular weight is 329 g/mol. The quantitative estimate of drug-likeness (QED) is 0.616. The van der Waals surface area contributed by atoms with Crippen LogP contribution in [0.15, 0.2) is 42.5 Å². The van der Waals surface area contributed by atoms with E-state index in [0.29, 0.717) is 16.8 Å². The number of para-hydroxylation sites is 1. The number of anilines is 1. The molecule has 0 fully saturated rings. The molecule has 0 unspecified atom stereocenters. The summed E-state index contributed by atoms with van der Waals surface area (Å²) in [6.07, 6.45) is 3.34. The standard InChI is InChI=1S/C18H19NO5/c1-18(2,3)24-17(22)19-14-10-6-5-8-12(14)13(16(19)21)9-7-11-15(20)23-4/h5-11H,1-4H3. The Morgan fingerprint density at radius 1 is 1.17 bits per heavy atom. The van der Waals surface area contributed by atoms with Gasteiger partial charge in [-0.1, -0.05) is 24.3 Å². The van der Waals surface area contributed by atoms with E-state index in [4.69, 9.17) is 4.74 Å². The number of carbonyl (C=O) groups excluding carboxylic acids is 3. The molecular formula is C18H19NO5. The Hall–Kier alpha value is -2.89. The van der Waals surface area contributed by atoms with Crippen molar-refractivity contribution in [3.8, 4) is 0 Å². The van der Waals surface area contributed by atoms with Crippen molar-refractivity contribution < 1.29 is 23.9 Å². The van der Waals surface area contributed by atoms with Crippen molar-refractivity contribution in [2.24, 2.45) is 0 Å². The number of fused-ring (bicyclic) bond motifs is 1. The molecule has 1 heterocycles.